The molecule has 1 atom stereocenters. The number of carboxylic acid groups (broad SMARTS) is 1. The predicted molar refractivity (Wildman–Crippen MR) is 113 cm³/mol. The van der Waals surface area contributed by atoms with Gasteiger partial charge in [-0.05, 0) is 36.6 Å². The monoisotopic (exact) mass is 479 g/mol. The molecule has 9 nitrogen and oxygen atoms in total. The molecule has 1 heterocycles. The number of ether oxygens (including phenoxy) is 1. The van der Waals surface area contributed by atoms with Crippen molar-refractivity contribution in [2.24, 2.45) is 0 Å². The van der Waals surface area contributed by atoms with Gasteiger partial charge in [-0.25, -0.2) is 9.59 Å². The van der Waals surface area contributed by atoms with Crippen LogP contribution in [0.4, 0.5) is 29.3 Å². The average Bonchev–Trinajstić information content (AvgIpc) is 3.28. The van der Waals surface area contributed by atoms with Crippen LogP contribution in [0.3, 0.4) is 0 Å². The summed E-state index contributed by atoms with van der Waals surface area (Å²) >= 11 is 0. The minimum absolute atomic E-state index is 0.0173. The van der Waals surface area contributed by atoms with Gasteiger partial charge in [-0.2, -0.15) is 13.2 Å². The third kappa shape index (κ3) is 6.03. The molecule has 1 saturated heterocycles. The van der Waals surface area contributed by atoms with Crippen LogP contribution in [-0.2, 0) is 20.9 Å². The average molecular weight is 479 g/mol. The first-order valence-corrected chi connectivity index (χ1v) is 10.1. The highest BCUT2D eigenvalue weighted by molar-refractivity contribution is 6.04. The molecule has 0 unspecified atom stereocenters. The van der Waals surface area contributed by atoms with E-state index in [0.717, 1.165) is 23.8 Å². The molecule has 180 valence electrons. The van der Waals surface area contributed by atoms with E-state index in [1.54, 1.807) is 24.3 Å². The number of nitrogens with zero attached hydrogens (tertiary/aromatic N) is 1. The Balaban J connectivity index is 1.69. The Bertz CT molecular complexity index is 1090. The minimum Gasteiger partial charge on any atom is -0.478 e. The number of nitrogens with one attached hydrogen (secondary N) is 2. The highest BCUT2D eigenvalue weighted by atomic mass is 19.4. The van der Waals surface area contributed by atoms with Crippen molar-refractivity contribution in [3.8, 4) is 0 Å². The Hall–Kier alpha value is -4.09. The number of aromatic carboxylic acids is 1. The van der Waals surface area contributed by atoms with Gasteiger partial charge < -0.3 is 20.5 Å². The fourth-order valence-corrected chi connectivity index (χ4v) is 3.39. The second-order valence-corrected chi connectivity index (χ2v) is 7.40. The van der Waals surface area contributed by atoms with Gasteiger partial charge in [0.05, 0.1) is 11.3 Å². The molecule has 2 aromatic carbocycles. The Morgan fingerprint density at radius 2 is 1.76 bits per heavy atom. The summed E-state index contributed by atoms with van der Waals surface area (Å²) in [6.45, 7) is 0.292. The summed E-state index contributed by atoms with van der Waals surface area (Å²) in [6, 6.07) is 11.1. The lowest BCUT2D eigenvalue weighted by molar-refractivity contribution is -0.167. The summed E-state index contributed by atoms with van der Waals surface area (Å²) in [5.41, 5.74) is -0.527. The smallest absolute Gasteiger partial charge is 0.471 e. The molecule has 1 aliphatic heterocycles. The number of alkyl halides is 3. The topological polar surface area (TPSA) is 125 Å². The number of carbonyl (C=O) groups is 4. The number of likely N-dealkylation sites (tertiary alicyclic amines) is 1. The Morgan fingerprint density at radius 3 is 2.41 bits per heavy atom. The maximum atomic E-state index is 12.8. The molecule has 0 aliphatic carbocycles. The summed E-state index contributed by atoms with van der Waals surface area (Å²) in [5, 5.41) is 13.1. The highest BCUT2D eigenvalue weighted by Gasteiger charge is 2.39. The van der Waals surface area contributed by atoms with Crippen LogP contribution in [0.15, 0.2) is 48.5 Å². The van der Waals surface area contributed by atoms with E-state index in [4.69, 9.17) is 4.74 Å². The first-order valence-electron chi connectivity index (χ1n) is 10.1. The van der Waals surface area contributed by atoms with Crippen LogP contribution in [0.25, 0.3) is 0 Å². The Kier molecular flexibility index (Phi) is 7.39. The molecule has 34 heavy (non-hydrogen) atoms. The second kappa shape index (κ2) is 10.2. The molecular formula is C22H20F3N3O6. The summed E-state index contributed by atoms with van der Waals surface area (Å²) in [4.78, 5) is 49.1. The molecule has 0 aromatic heterocycles. The molecule has 3 N–H and O–H groups in total. The van der Waals surface area contributed by atoms with E-state index in [1.165, 1.54) is 10.2 Å². The van der Waals surface area contributed by atoms with Crippen LogP contribution in [0.1, 0.15) is 28.8 Å². The lowest BCUT2D eigenvalue weighted by Crippen LogP contribution is -2.43. The van der Waals surface area contributed by atoms with Crippen LogP contribution in [0.5, 0.6) is 0 Å². The van der Waals surface area contributed by atoms with Crippen molar-refractivity contribution in [2.45, 2.75) is 31.7 Å². The zero-order chi connectivity index (χ0) is 24.9. The fraction of sp³-hybridized carbons (Fsp3) is 0.273. The van der Waals surface area contributed by atoms with Gasteiger partial charge in [0, 0.05) is 12.2 Å². The molecule has 1 aliphatic rings. The summed E-state index contributed by atoms with van der Waals surface area (Å²) in [6.07, 6.45) is -5.07. The van der Waals surface area contributed by atoms with Gasteiger partial charge in [0.25, 0.3) is 0 Å². The second-order valence-electron chi connectivity index (χ2n) is 7.40. The van der Waals surface area contributed by atoms with Crippen molar-refractivity contribution in [1.29, 1.82) is 0 Å². The molecule has 0 bridgehead atoms. The number of hydrogen-bond acceptors (Lipinski definition) is 5. The van der Waals surface area contributed by atoms with Gasteiger partial charge in [0.15, 0.2) is 0 Å². The van der Waals surface area contributed by atoms with Crippen LogP contribution in [0.2, 0.25) is 0 Å². The normalized spacial score (nSPS) is 15.5. The van der Waals surface area contributed by atoms with Crippen LogP contribution < -0.4 is 10.6 Å². The Labute approximate surface area is 191 Å². The van der Waals surface area contributed by atoms with E-state index in [1.807, 2.05) is 6.07 Å². The molecule has 3 rings (SSSR count). The van der Waals surface area contributed by atoms with Gasteiger partial charge in [-0.1, -0.05) is 30.3 Å². The summed E-state index contributed by atoms with van der Waals surface area (Å²) in [5.74, 6) is -4.56. The number of benzene rings is 2. The van der Waals surface area contributed by atoms with E-state index in [9.17, 15) is 37.5 Å². The Morgan fingerprint density at radius 1 is 1.06 bits per heavy atom. The number of anilines is 2. The molecule has 2 aromatic rings. The standard InChI is InChI=1S/C22H20F3N3O6/c23-22(24,25)20(32)27-16-11-14(8-9-15(16)19(30)31)26-18(29)17-7-4-10-28(17)21(33)34-12-13-5-2-1-3-6-13/h1-3,5-6,8-9,11,17H,4,7,10,12H2,(H,26,29)(H,27,32)(H,30,31)/t17-/m0/s1. The van der Waals surface area contributed by atoms with Gasteiger partial charge in [0.1, 0.15) is 12.6 Å². The molecule has 3 amide bonds. The zero-order valence-electron chi connectivity index (χ0n) is 17.6. The van der Waals surface area contributed by atoms with Gasteiger partial charge >= 0.3 is 24.1 Å². The van der Waals surface area contributed by atoms with E-state index in [-0.39, 0.29) is 18.8 Å². The maximum absolute atomic E-state index is 12.8. The number of amides is 3. The highest BCUT2D eigenvalue weighted by Crippen LogP contribution is 2.26. The fourth-order valence-electron chi connectivity index (χ4n) is 3.39. The predicted octanol–water partition coefficient (Wildman–Crippen LogP) is 3.63. The maximum Gasteiger partial charge on any atom is 0.471 e. The first-order chi connectivity index (χ1) is 16.1. The van der Waals surface area contributed by atoms with E-state index >= 15 is 0 Å². The van der Waals surface area contributed by atoms with Crippen molar-refractivity contribution in [2.75, 3.05) is 17.2 Å². The zero-order valence-corrected chi connectivity index (χ0v) is 17.6. The lowest BCUT2D eigenvalue weighted by atomic mass is 10.1. The third-order valence-electron chi connectivity index (χ3n) is 5.02. The lowest BCUT2D eigenvalue weighted by Gasteiger charge is -2.23. The van der Waals surface area contributed by atoms with E-state index in [0.29, 0.717) is 12.8 Å². The van der Waals surface area contributed by atoms with E-state index < -0.39 is 47.3 Å². The molecule has 1 fully saturated rings. The van der Waals surface area contributed by atoms with Gasteiger partial charge in [-0.3, -0.25) is 14.5 Å². The molecule has 0 spiro atoms. The molecule has 0 radical (unpaired) electrons. The van der Waals surface area contributed by atoms with Crippen molar-refractivity contribution in [1.82, 2.24) is 4.90 Å². The third-order valence-corrected chi connectivity index (χ3v) is 5.02. The molecule has 0 saturated carbocycles. The number of carbonyl (C=O) groups excluding carboxylic acids is 3. The van der Waals surface area contributed by atoms with Gasteiger partial charge in [-0.15, -0.1) is 0 Å². The SMILES string of the molecule is O=C(O)c1ccc(NC(=O)[C@@H]2CCCN2C(=O)OCc2ccccc2)cc1NC(=O)C(F)(F)F. The largest absolute Gasteiger partial charge is 0.478 e. The minimum atomic E-state index is -5.24. The van der Waals surface area contributed by atoms with Crippen LogP contribution in [0, 0.1) is 0 Å². The number of rotatable bonds is 6. The van der Waals surface area contributed by atoms with Crippen molar-refractivity contribution < 1.29 is 42.2 Å². The van der Waals surface area contributed by atoms with Gasteiger partial charge in [0.2, 0.25) is 5.91 Å². The van der Waals surface area contributed by atoms with E-state index in [2.05, 4.69) is 5.32 Å². The summed E-state index contributed by atoms with van der Waals surface area (Å²) in [7, 11) is 0. The quantitative estimate of drug-likeness (QED) is 0.581. The van der Waals surface area contributed by atoms with Crippen LogP contribution in [-0.4, -0.2) is 52.6 Å². The molecular weight excluding hydrogens is 459 g/mol. The number of halogens is 3. The number of hydrogen-bond donors (Lipinski definition) is 3. The van der Waals surface area contributed by atoms with Crippen LogP contribution >= 0.6 is 0 Å². The number of carboxylic acids is 1. The molecule has 12 heteroatoms. The van der Waals surface area contributed by atoms with Crippen molar-refractivity contribution in [3.05, 3.63) is 59.7 Å². The first kappa shape index (κ1) is 24.6. The van der Waals surface area contributed by atoms with Crippen molar-refractivity contribution >= 4 is 35.3 Å². The summed E-state index contributed by atoms with van der Waals surface area (Å²) < 4.78 is 43.0. The van der Waals surface area contributed by atoms with Crippen molar-refractivity contribution in [3.63, 3.8) is 0 Å².